The van der Waals surface area contributed by atoms with Crippen molar-refractivity contribution in [1.29, 1.82) is 0 Å². The average Bonchev–Trinajstić information content (AvgIpc) is 2.42. The summed E-state index contributed by atoms with van der Waals surface area (Å²) in [5.41, 5.74) is 1.39. The van der Waals surface area contributed by atoms with Crippen LogP contribution >= 0.6 is 11.6 Å². The Morgan fingerprint density at radius 3 is 2.80 bits per heavy atom. The van der Waals surface area contributed by atoms with Crippen LogP contribution in [0.15, 0.2) is 12.1 Å². The second-order valence-corrected chi connectivity index (χ2v) is 5.30. The van der Waals surface area contributed by atoms with E-state index in [1.54, 1.807) is 12.1 Å². The molecule has 0 radical (unpaired) electrons. The lowest BCUT2D eigenvalue weighted by atomic mass is 10.0. The Hall–Kier alpha value is -1.13. The van der Waals surface area contributed by atoms with Crippen molar-refractivity contribution >= 4 is 17.5 Å². The first-order chi connectivity index (χ1) is 9.60. The zero-order valence-corrected chi connectivity index (χ0v) is 12.9. The van der Waals surface area contributed by atoms with Crippen LogP contribution in [0.25, 0.3) is 0 Å². The maximum atomic E-state index is 12.1. The summed E-state index contributed by atoms with van der Waals surface area (Å²) in [5.74, 6) is 0.166. The molecule has 0 spiro atoms. The molecule has 1 unspecified atom stereocenters. The fraction of sp³-hybridized carbons (Fsp3) is 0.600. The first-order valence-electron chi connectivity index (χ1n) is 7.16. The average molecular weight is 299 g/mol. The number of rotatable bonds is 8. The second kappa shape index (κ2) is 8.93. The van der Waals surface area contributed by atoms with Crippen LogP contribution in [0.5, 0.6) is 0 Å². The summed E-state index contributed by atoms with van der Waals surface area (Å²) < 4.78 is 0. The molecule has 0 aromatic carbocycles. The van der Waals surface area contributed by atoms with Crippen molar-refractivity contribution in [3.63, 3.8) is 0 Å². The Kier molecular flexibility index (Phi) is 7.55. The molecule has 2 N–H and O–H groups in total. The second-order valence-electron chi connectivity index (χ2n) is 4.92. The van der Waals surface area contributed by atoms with Crippen LogP contribution in [0.2, 0.25) is 5.15 Å². The number of carbonyl (C=O) groups is 1. The molecule has 0 aliphatic carbocycles. The van der Waals surface area contributed by atoms with E-state index in [9.17, 15) is 4.79 Å². The lowest BCUT2D eigenvalue weighted by molar-refractivity contribution is 0.0943. The van der Waals surface area contributed by atoms with E-state index in [2.05, 4.69) is 24.1 Å². The highest BCUT2D eigenvalue weighted by Crippen LogP contribution is 2.13. The smallest absolute Gasteiger partial charge is 0.251 e. The predicted molar refractivity (Wildman–Crippen MR) is 81.1 cm³/mol. The number of amides is 1. The van der Waals surface area contributed by atoms with Gasteiger partial charge in [0.15, 0.2) is 0 Å². The van der Waals surface area contributed by atoms with E-state index in [1.165, 1.54) is 0 Å². The third kappa shape index (κ3) is 5.47. The number of hydrogen-bond acceptors (Lipinski definition) is 3. The van der Waals surface area contributed by atoms with Gasteiger partial charge in [-0.3, -0.25) is 4.79 Å². The Bertz CT molecular complexity index is 438. The van der Waals surface area contributed by atoms with Gasteiger partial charge in [-0.15, -0.1) is 0 Å². The van der Waals surface area contributed by atoms with Gasteiger partial charge in [0.2, 0.25) is 0 Å². The fourth-order valence-electron chi connectivity index (χ4n) is 2.04. The van der Waals surface area contributed by atoms with E-state index in [1.807, 2.05) is 0 Å². The summed E-state index contributed by atoms with van der Waals surface area (Å²) in [6.07, 6.45) is 3.40. The molecule has 0 aliphatic rings. The minimum Gasteiger partial charge on any atom is -0.396 e. The first kappa shape index (κ1) is 16.9. The molecule has 1 aromatic heterocycles. The van der Waals surface area contributed by atoms with Gasteiger partial charge in [0.1, 0.15) is 5.15 Å². The summed E-state index contributed by atoms with van der Waals surface area (Å²) in [6.45, 7) is 4.83. The number of halogens is 1. The molecule has 0 aliphatic heterocycles. The molecule has 0 bridgehead atoms. The number of aliphatic hydroxyl groups excluding tert-OH is 1. The standard InChI is InChI=1S/C15H23ClN2O2/c1-3-5-13-8-12(9-14(16)18-13)15(20)17-10-11(4-2)6-7-19/h8-9,11,19H,3-7,10H2,1-2H3,(H,17,20). The van der Waals surface area contributed by atoms with Crippen LogP contribution in [-0.4, -0.2) is 29.1 Å². The molecule has 0 saturated heterocycles. The number of aliphatic hydroxyl groups is 1. The zero-order chi connectivity index (χ0) is 15.0. The van der Waals surface area contributed by atoms with E-state index in [0.717, 1.165) is 25.0 Å². The number of nitrogens with zero attached hydrogens (tertiary/aromatic N) is 1. The molecule has 0 saturated carbocycles. The van der Waals surface area contributed by atoms with Crippen molar-refractivity contribution in [2.45, 2.75) is 39.5 Å². The van der Waals surface area contributed by atoms with E-state index in [0.29, 0.717) is 29.6 Å². The summed E-state index contributed by atoms with van der Waals surface area (Å²) in [7, 11) is 0. The summed E-state index contributed by atoms with van der Waals surface area (Å²) >= 11 is 5.95. The Morgan fingerprint density at radius 2 is 2.20 bits per heavy atom. The lowest BCUT2D eigenvalue weighted by Gasteiger charge is -2.14. The fourth-order valence-corrected chi connectivity index (χ4v) is 2.26. The van der Waals surface area contributed by atoms with Crippen molar-refractivity contribution in [3.8, 4) is 0 Å². The monoisotopic (exact) mass is 298 g/mol. The molecular weight excluding hydrogens is 276 g/mol. The van der Waals surface area contributed by atoms with Gasteiger partial charge in [0, 0.05) is 24.4 Å². The van der Waals surface area contributed by atoms with E-state index in [-0.39, 0.29) is 12.5 Å². The maximum Gasteiger partial charge on any atom is 0.251 e. The number of pyridine rings is 1. The third-order valence-corrected chi connectivity index (χ3v) is 3.48. The number of nitrogens with one attached hydrogen (secondary N) is 1. The van der Waals surface area contributed by atoms with Crippen molar-refractivity contribution in [1.82, 2.24) is 10.3 Å². The molecular formula is C15H23ClN2O2. The molecule has 1 aromatic rings. The molecule has 1 heterocycles. The van der Waals surface area contributed by atoms with Gasteiger partial charge in [0.05, 0.1) is 0 Å². The van der Waals surface area contributed by atoms with Gasteiger partial charge in [-0.2, -0.15) is 0 Å². The van der Waals surface area contributed by atoms with Crippen LogP contribution in [0.3, 0.4) is 0 Å². The van der Waals surface area contributed by atoms with Crippen LogP contribution in [-0.2, 0) is 6.42 Å². The Labute approximate surface area is 125 Å². The van der Waals surface area contributed by atoms with Crippen molar-refractivity contribution in [2.75, 3.05) is 13.2 Å². The number of carbonyl (C=O) groups excluding carboxylic acids is 1. The minimum atomic E-state index is -0.136. The highest BCUT2D eigenvalue weighted by atomic mass is 35.5. The highest BCUT2D eigenvalue weighted by molar-refractivity contribution is 6.29. The van der Waals surface area contributed by atoms with Gasteiger partial charge < -0.3 is 10.4 Å². The maximum absolute atomic E-state index is 12.1. The summed E-state index contributed by atoms with van der Waals surface area (Å²) in [5, 5.41) is 12.2. The SMILES string of the molecule is CCCc1cc(C(=O)NCC(CC)CCO)cc(Cl)n1. The molecule has 20 heavy (non-hydrogen) atoms. The van der Waals surface area contributed by atoms with Crippen LogP contribution < -0.4 is 5.32 Å². The normalized spacial score (nSPS) is 12.2. The number of hydrogen-bond donors (Lipinski definition) is 2. The van der Waals surface area contributed by atoms with Gasteiger partial charge in [0.25, 0.3) is 5.91 Å². The van der Waals surface area contributed by atoms with Crippen LogP contribution in [0.1, 0.15) is 49.2 Å². The summed E-state index contributed by atoms with van der Waals surface area (Å²) in [4.78, 5) is 16.3. The first-order valence-corrected chi connectivity index (χ1v) is 7.54. The summed E-state index contributed by atoms with van der Waals surface area (Å²) in [6, 6.07) is 3.38. The largest absolute Gasteiger partial charge is 0.396 e. The van der Waals surface area contributed by atoms with Gasteiger partial charge >= 0.3 is 0 Å². The van der Waals surface area contributed by atoms with Crippen molar-refractivity contribution in [2.24, 2.45) is 5.92 Å². The molecule has 4 nitrogen and oxygen atoms in total. The third-order valence-electron chi connectivity index (χ3n) is 3.28. The van der Waals surface area contributed by atoms with Crippen LogP contribution in [0.4, 0.5) is 0 Å². The van der Waals surface area contributed by atoms with Crippen LogP contribution in [0, 0.1) is 5.92 Å². The van der Waals surface area contributed by atoms with Gasteiger partial charge in [-0.1, -0.05) is 38.3 Å². The zero-order valence-electron chi connectivity index (χ0n) is 12.2. The lowest BCUT2D eigenvalue weighted by Crippen LogP contribution is -2.29. The van der Waals surface area contributed by atoms with E-state index < -0.39 is 0 Å². The molecule has 1 amide bonds. The Morgan fingerprint density at radius 1 is 1.45 bits per heavy atom. The molecule has 0 fully saturated rings. The van der Waals surface area contributed by atoms with Gasteiger partial charge in [-0.25, -0.2) is 4.98 Å². The molecule has 112 valence electrons. The molecule has 5 heteroatoms. The molecule has 1 atom stereocenters. The minimum absolute atomic E-state index is 0.136. The molecule has 1 rings (SSSR count). The van der Waals surface area contributed by atoms with E-state index >= 15 is 0 Å². The predicted octanol–water partition coefficient (Wildman–Crippen LogP) is 2.83. The van der Waals surface area contributed by atoms with Crippen molar-refractivity contribution < 1.29 is 9.90 Å². The Balaban J connectivity index is 2.67. The number of aromatic nitrogens is 1. The van der Waals surface area contributed by atoms with Crippen molar-refractivity contribution in [3.05, 3.63) is 28.5 Å². The highest BCUT2D eigenvalue weighted by Gasteiger charge is 2.11. The number of aryl methyl sites for hydroxylation is 1. The van der Waals surface area contributed by atoms with Gasteiger partial charge in [-0.05, 0) is 30.9 Å². The topological polar surface area (TPSA) is 62.2 Å². The quantitative estimate of drug-likeness (QED) is 0.726. The van der Waals surface area contributed by atoms with E-state index in [4.69, 9.17) is 16.7 Å².